The molecule has 12 heteroatoms. The van der Waals surface area contributed by atoms with E-state index in [9.17, 15) is 9.59 Å². The number of nitrogens with one attached hydrogen (secondary N) is 4. The van der Waals surface area contributed by atoms with Gasteiger partial charge in [0, 0.05) is 30.0 Å². The molecule has 3 aromatic carbocycles. The number of ether oxygens (including phenoxy) is 3. The second-order valence-corrected chi connectivity index (χ2v) is 8.76. The largest absolute Gasteiger partial charge is 0.465 e. The lowest BCUT2D eigenvalue weighted by Crippen LogP contribution is -2.27. The van der Waals surface area contributed by atoms with Crippen molar-refractivity contribution in [1.29, 1.82) is 0 Å². The molecule has 4 aromatic rings. The van der Waals surface area contributed by atoms with E-state index in [1.54, 1.807) is 36.4 Å². The third kappa shape index (κ3) is 9.84. The average Bonchev–Trinajstić information content (AvgIpc) is 3.02. The smallest absolute Gasteiger partial charge is 0.337 e. The fourth-order valence-corrected chi connectivity index (χ4v) is 3.64. The van der Waals surface area contributed by atoms with Gasteiger partial charge in [-0.25, -0.2) is 4.79 Å². The second-order valence-electron chi connectivity index (χ2n) is 8.76. The zero-order valence-electron chi connectivity index (χ0n) is 23.2. The number of hydrogen-bond acceptors (Lipinski definition) is 11. The van der Waals surface area contributed by atoms with Gasteiger partial charge in [-0.1, -0.05) is 36.4 Å². The van der Waals surface area contributed by atoms with Crippen molar-refractivity contribution in [2.45, 2.75) is 0 Å². The quantitative estimate of drug-likeness (QED) is 0.114. The van der Waals surface area contributed by atoms with Crippen LogP contribution in [0.15, 0.2) is 84.9 Å². The molecule has 0 aliphatic heterocycles. The van der Waals surface area contributed by atoms with E-state index in [1.807, 2.05) is 48.5 Å². The summed E-state index contributed by atoms with van der Waals surface area (Å²) in [6.45, 7) is 2.47. The minimum absolute atomic E-state index is 0.128. The first-order valence-electron chi connectivity index (χ1n) is 13.4. The minimum Gasteiger partial charge on any atom is -0.465 e. The summed E-state index contributed by atoms with van der Waals surface area (Å²) in [4.78, 5) is 37.1. The Morgan fingerprint density at radius 1 is 0.619 bits per heavy atom. The lowest BCUT2D eigenvalue weighted by atomic mass is 10.2. The van der Waals surface area contributed by atoms with Crippen LogP contribution in [0, 0.1) is 0 Å². The number of carbonyl (C=O) groups excluding carboxylic acids is 2. The number of esters is 1. The third-order valence-corrected chi connectivity index (χ3v) is 5.70. The van der Waals surface area contributed by atoms with Crippen LogP contribution in [0.5, 0.6) is 0 Å². The van der Waals surface area contributed by atoms with E-state index in [4.69, 9.17) is 14.2 Å². The summed E-state index contributed by atoms with van der Waals surface area (Å²) in [7, 11) is 1.34. The Bertz CT molecular complexity index is 1410. The van der Waals surface area contributed by atoms with Gasteiger partial charge in [0.25, 0.3) is 5.91 Å². The Balaban J connectivity index is 1.22. The molecule has 0 saturated heterocycles. The maximum atomic E-state index is 12.0. The number of carbonyl (C=O) groups is 2. The summed E-state index contributed by atoms with van der Waals surface area (Å²) in [5.74, 6) is 0.470. The second kappa shape index (κ2) is 16.3. The summed E-state index contributed by atoms with van der Waals surface area (Å²) in [6, 6.07) is 25.4. The Morgan fingerprint density at radius 3 is 1.79 bits per heavy atom. The number of amides is 1. The number of methoxy groups -OCH3 is 1. The van der Waals surface area contributed by atoms with E-state index < -0.39 is 5.97 Å². The van der Waals surface area contributed by atoms with Gasteiger partial charge in [-0.2, -0.15) is 15.0 Å². The van der Waals surface area contributed by atoms with Crippen molar-refractivity contribution in [3.8, 4) is 0 Å². The predicted octanol–water partition coefficient (Wildman–Crippen LogP) is 4.02. The lowest BCUT2D eigenvalue weighted by molar-refractivity contribution is 0.0519. The van der Waals surface area contributed by atoms with Gasteiger partial charge in [0.15, 0.2) is 0 Å². The van der Waals surface area contributed by atoms with E-state index in [1.165, 1.54) is 7.11 Å². The van der Waals surface area contributed by atoms with E-state index in [0.717, 1.165) is 5.69 Å². The molecule has 42 heavy (non-hydrogen) atoms. The highest BCUT2D eigenvalue weighted by Gasteiger charge is 2.09. The minimum atomic E-state index is -0.413. The standard InChI is InChI=1S/C30H33N7O5/c1-40-27(39)23-12-14-25(15-13-23)34-30-36-28(35-29(37-30)33-24-10-6-3-7-11-24)32-17-19-42-21-20-41-18-16-31-26(38)22-8-4-2-5-9-22/h2-15H,16-21H2,1H3,(H,31,38)(H3,32,33,34,35,36,37). The molecule has 1 aromatic heterocycles. The molecule has 0 fully saturated rings. The van der Waals surface area contributed by atoms with Crippen LogP contribution in [0.1, 0.15) is 20.7 Å². The van der Waals surface area contributed by atoms with Crippen LogP contribution in [-0.4, -0.2) is 73.5 Å². The summed E-state index contributed by atoms with van der Waals surface area (Å²) in [5.41, 5.74) is 2.57. The molecule has 0 aliphatic rings. The molecule has 0 atom stereocenters. The molecule has 1 amide bonds. The van der Waals surface area contributed by atoms with Crippen LogP contribution in [0.4, 0.5) is 29.2 Å². The van der Waals surface area contributed by atoms with Crippen LogP contribution >= 0.6 is 0 Å². The zero-order valence-corrected chi connectivity index (χ0v) is 23.2. The molecular weight excluding hydrogens is 538 g/mol. The monoisotopic (exact) mass is 571 g/mol. The maximum absolute atomic E-state index is 12.0. The Kier molecular flexibility index (Phi) is 11.6. The van der Waals surface area contributed by atoms with Gasteiger partial charge in [0.05, 0.1) is 39.1 Å². The molecular formula is C30H33N7O5. The number of rotatable bonds is 16. The fourth-order valence-electron chi connectivity index (χ4n) is 3.64. The van der Waals surface area contributed by atoms with Gasteiger partial charge in [-0.3, -0.25) is 4.79 Å². The number of aromatic nitrogens is 3. The molecule has 12 nitrogen and oxygen atoms in total. The zero-order chi connectivity index (χ0) is 29.4. The maximum Gasteiger partial charge on any atom is 0.337 e. The van der Waals surface area contributed by atoms with Gasteiger partial charge < -0.3 is 35.5 Å². The van der Waals surface area contributed by atoms with Crippen molar-refractivity contribution in [2.24, 2.45) is 0 Å². The Morgan fingerprint density at radius 2 is 1.17 bits per heavy atom. The summed E-state index contributed by atoms with van der Waals surface area (Å²) >= 11 is 0. The fraction of sp³-hybridized carbons (Fsp3) is 0.233. The number of hydrogen-bond donors (Lipinski definition) is 4. The molecule has 0 radical (unpaired) electrons. The summed E-state index contributed by atoms with van der Waals surface area (Å²) < 4.78 is 15.9. The predicted molar refractivity (Wildman–Crippen MR) is 160 cm³/mol. The van der Waals surface area contributed by atoms with Crippen molar-refractivity contribution in [1.82, 2.24) is 20.3 Å². The number of benzene rings is 3. The van der Waals surface area contributed by atoms with E-state index >= 15 is 0 Å². The van der Waals surface area contributed by atoms with Crippen LogP contribution in [-0.2, 0) is 14.2 Å². The SMILES string of the molecule is COC(=O)c1ccc(Nc2nc(NCCOCCOCCNC(=O)c3ccccc3)nc(Nc3ccccc3)n2)cc1. The molecule has 0 unspecified atom stereocenters. The summed E-state index contributed by atoms with van der Waals surface area (Å²) in [5, 5.41) is 12.3. The topological polar surface area (TPSA) is 149 Å². The van der Waals surface area contributed by atoms with E-state index in [0.29, 0.717) is 74.2 Å². The van der Waals surface area contributed by atoms with Crippen LogP contribution < -0.4 is 21.3 Å². The molecule has 0 spiro atoms. The van der Waals surface area contributed by atoms with E-state index in [-0.39, 0.29) is 5.91 Å². The first-order chi connectivity index (χ1) is 20.6. The van der Waals surface area contributed by atoms with Crippen molar-refractivity contribution >= 4 is 41.1 Å². The van der Waals surface area contributed by atoms with Crippen molar-refractivity contribution in [3.63, 3.8) is 0 Å². The van der Waals surface area contributed by atoms with Gasteiger partial charge in [-0.15, -0.1) is 0 Å². The average molecular weight is 572 g/mol. The first kappa shape index (κ1) is 29.9. The Hall–Kier alpha value is -5.07. The molecule has 0 aliphatic carbocycles. The van der Waals surface area contributed by atoms with Gasteiger partial charge in [-0.05, 0) is 48.5 Å². The van der Waals surface area contributed by atoms with Crippen LogP contribution in [0.2, 0.25) is 0 Å². The summed E-state index contributed by atoms with van der Waals surface area (Å²) in [6.07, 6.45) is 0. The molecule has 0 saturated carbocycles. The van der Waals surface area contributed by atoms with Crippen LogP contribution in [0.3, 0.4) is 0 Å². The highest BCUT2D eigenvalue weighted by Crippen LogP contribution is 2.19. The highest BCUT2D eigenvalue weighted by molar-refractivity contribution is 5.94. The number of para-hydroxylation sites is 1. The van der Waals surface area contributed by atoms with Crippen molar-refractivity contribution < 1.29 is 23.8 Å². The normalized spacial score (nSPS) is 10.5. The van der Waals surface area contributed by atoms with Gasteiger partial charge in [0.1, 0.15) is 0 Å². The third-order valence-electron chi connectivity index (χ3n) is 5.70. The van der Waals surface area contributed by atoms with Crippen LogP contribution in [0.25, 0.3) is 0 Å². The number of anilines is 5. The molecule has 1 heterocycles. The molecule has 4 rings (SSSR count). The van der Waals surface area contributed by atoms with Crippen molar-refractivity contribution in [2.75, 3.05) is 62.6 Å². The first-order valence-corrected chi connectivity index (χ1v) is 13.4. The lowest BCUT2D eigenvalue weighted by Gasteiger charge is -2.12. The molecule has 4 N–H and O–H groups in total. The van der Waals surface area contributed by atoms with Crippen molar-refractivity contribution in [3.05, 3.63) is 96.1 Å². The highest BCUT2D eigenvalue weighted by atomic mass is 16.5. The van der Waals surface area contributed by atoms with Gasteiger partial charge in [0.2, 0.25) is 17.8 Å². The molecule has 218 valence electrons. The molecule has 0 bridgehead atoms. The number of nitrogens with zero attached hydrogens (tertiary/aromatic N) is 3. The van der Waals surface area contributed by atoms with Gasteiger partial charge >= 0.3 is 5.97 Å². The van der Waals surface area contributed by atoms with E-state index in [2.05, 4.69) is 36.2 Å². The Labute approximate surface area is 243 Å².